The summed E-state index contributed by atoms with van der Waals surface area (Å²) in [4.78, 5) is 47.1. The van der Waals surface area contributed by atoms with Crippen LogP contribution in [0.3, 0.4) is 0 Å². The number of anilines is 1. The van der Waals surface area contributed by atoms with Crippen molar-refractivity contribution in [1.29, 1.82) is 0 Å². The maximum absolute atomic E-state index is 13.0. The van der Waals surface area contributed by atoms with Gasteiger partial charge in [-0.2, -0.15) is 0 Å². The zero-order valence-electron chi connectivity index (χ0n) is 18.3. The number of nitrogens with zero attached hydrogens (tertiary/aromatic N) is 2. The van der Waals surface area contributed by atoms with Crippen LogP contribution in [0.15, 0.2) is 18.2 Å². The van der Waals surface area contributed by atoms with E-state index in [0.29, 0.717) is 24.4 Å². The summed E-state index contributed by atoms with van der Waals surface area (Å²) in [6.07, 6.45) is 6.14. The van der Waals surface area contributed by atoms with Gasteiger partial charge in [0.1, 0.15) is 24.0 Å². The molecule has 1 saturated carbocycles. The maximum Gasteiger partial charge on any atom is 0.325 e. The van der Waals surface area contributed by atoms with E-state index >= 15 is 0 Å². The average Bonchev–Trinajstić information content (AvgIpc) is 3.50. The monoisotopic (exact) mass is 439 g/mol. The lowest BCUT2D eigenvalue weighted by molar-refractivity contribution is -0.135. The van der Waals surface area contributed by atoms with E-state index in [1.54, 1.807) is 12.1 Å². The molecule has 3 N–H and O–H groups in total. The summed E-state index contributed by atoms with van der Waals surface area (Å²) in [5, 5.41) is 5.67. The molecule has 170 valence electrons. The maximum atomic E-state index is 13.0. The lowest BCUT2D eigenvalue weighted by Crippen LogP contribution is -2.49. The van der Waals surface area contributed by atoms with Crippen LogP contribution in [0, 0.1) is 5.92 Å². The zero-order chi connectivity index (χ0) is 22.3. The summed E-state index contributed by atoms with van der Waals surface area (Å²) in [5.74, 6) is 0.702. The Kier molecular flexibility index (Phi) is 5.36. The van der Waals surface area contributed by atoms with Crippen LogP contribution in [0.4, 0.5) is 10.5 Å². The molecule has 3 heterocycles. The molecule has 2 saturated heterocycles. The van der Waals surface area contributed by atoms with Gasteiger partial charge in [0.25, 0.3) is 5.91 Å². The first-order valence-electron chi connectivity index (χ1n) is 11.5. The minimum absolute atomic E-state index is 0.0140. The third kappa shape index (κ3) is 3.74. The van der Waals surface area contributed by atoms with Gasteiger partial charge in [0.05, 0.1) is 11.0 Å². The number of hydrogen-bond acceptors (Lipinski definition) is 5. The number of imide groups is 1. The normalized spacial score (nSPS) is 28.0. The van der Waals surface area contributed by atoms with Gasteiger partial charge in [-0.15, -0.1) is 0 Å². The number of benzene rings is 1. The minimum Gasteiger partial charge on any atom is -0.370 e. The van der Waals surface area contributed by atoms with Crippen LogP contribution in [0.2, 0.25) is 0 Å². The molecule has 1 aliphatic carbocycles. The predicted molar refractivity (Wildman–Crippen MR) is 118 cm³/mol. The molecule has 32 heavy (non-hydrogen) atoms. The van der Waals surface area contributed by atoms with E-state index in [4.69, 9.17) is 4.74 Å². The quantitative estimate of drug-likeness (QED) is 0.619. The first-order chi connectivity index (χ1) is 15.5. The number of urea groups is 1. The van der Waals surface area contributed by atoms with E-state index in [1.807, 2.05) is 6.07 Å². The molecule has 2 aliphatic heterocycles. The first-order valence-corrected chi connectivity index (χ1v) is 11.5. The average molecular weight is 440 g/mol. The summed E-state index contributed by atoms with van der Waals surface area (Å²) in [6.45, 7) is 2.59. The number of hydrogen-bond donors (Lipinski definition) is 3. The molecule has 9 nitrogen and oxygen atoms in total. The van der Waals surface area contributed by atoms with Crippen LogP contribution in [0.25, 0.3) is 11.0 Å². The van der Waals surface area contributed by atoms with Gasteiger partial charge in [-0.1, -0.05) is 13.3 Å². The van der Waals surface area contributed by atoms with Gasteiger partial charge in [-0.3, -0.25) is 14.5 Å². The predicted octanol–water partition coefficient (Wildman–Crippen LogP) is 3.24. The standard InChI is InChI=1S/C23H29N5O4/c1-2-14-7-9-23(10-8-14)21(30)28(22(31)27-23)13-19(29)24-15-5-6-16-17(12-15)26-20(25-16)18-4-3-11-32-18/h5-6,12,14,18H,2-4,7-11,13H2,1H3,(H,24,29)(H,25,26)(H,27,31). The van der Waals surface area contributed by atoms with Crippen molar-refractivity contribution in [2.45, 2.75) is 63.5 Å². The Morgan fingerprint density at radius 3 is 2.81 bits per heavy atom. The van der Waals surface area contributed by atoms with Crippen LogP contribution in [0.5, 0.6) is 0 Å². The van der Waals surface area contributed by atoms with Crippen LogP contribution in [-0.2, 0) is 14.3 Å². The summed E-state index contributed by atoms with van der Waals surface area (Å²) in [5.41, 5.74) is 1.34. The lowest BCUT2D eigenvalue weighted by atomic mass is 9.75. The molecule has 2 aromatic rings. The number of ether oxygens (including phenoxy) is 1. The second kappa shape index (κ2) is 8.20. The van der Waals surface area contributed by atoms with Gasteiger partial charge in [0, 0.05) is 12.3 Å². The second-order valence-corrected chi connectivity index (χ2v) is 9.16. The van der Waals surface area contributed by atoms with E-state index in [0.717, 1.165) is 60.5 Å². The highest BCUT2D eigenvalue weighted by atomic mass is 16.5. The Morgan fingerprint density at radius 1 is 1.28 bits per heavy atom. The van der Waals surface area contributed by atoms with Gasteiger partial charge >= 0.3 is 6.03 Å². The van der Waals surface area contributed by atoms with Gasteiger partial charge in [0.15, 0.2) is 0 Å². The van der Waals surface area contributed by atoms with Crippen molar-refractivity contribution >= 4 is 34.6 Å². The molecule has 1 aromatic heterocycles. The molecule has 1 unspecified atom stereocenters. The van der Waals surface area contributed by atoms with E-state index in [9.17, 15) is 14.4 Å². The summed E-state index contributed by atoms with van der Waals surface area (Å²) < 4.78 is 5.68. The van der Waals surface area contributed by atoms with Crippen LogP contribution in [-0.4, -0.2) is 51.4 Å². The number of aromatic nitrogens is 2. The zero-order valence-corrected chi connectivity index (χ0v) is 18.3. The number of fused-ring (bicyclic) bond motifs is 1. The van der Waals surface area contributed by atoms with Crippen molar-refractivity contribution in [3.05, 3.63) is 24.0 Å². The highest BCUT2D eigenvalue weighted by Gasteiger charge is 2.52. The number of nitrogens with one attached hydrogen (secondary N) is 3. The number of rotatable bonds is 5. The van der Waals surface area contributed by atoms with Crippen molar-refractivity contribution in [1.82, 2.24) is 20.2 Å². The minimum atomic E-state index is -0.837. The third-order valence-corrected chi connectivity index (χ3v) is 7.10. The molecular weight excluding hydrogens is 410 g/mol. The Bertz CT molecular complexity index is 1050. The molecule has 1 atom stereocenters. The number of aromatic amines is 1. The molecule has 3 fully saturated rings. The highest BCUT2D eigenvalue weighted by Crippen LogP contribution is 2.37. The SMILES string of the molecule is CCC1CCC2(CC1)NC(=O)N(CC(=O)Nc1ccc3nc(C4CCCO4)[nH]c3c1)C2=O. The molecule has 3 aliphatic rings. The Labute approximate surface area is 186 Å². The number of amides is 4. The largest absolute Gasteiger partial charge is 0.370 e. The van der Waals surface area contributed by atoms with Crippen molar-refractivity contribution in [3.8, 4) is 0 Å². The Balaban J connectivity index is 1.24. The van der Waals surface area contributed by atoms with E-state index in [-0.39, 0.29) is 18.6 Å². The van der Waals surface area contributed by atoms with Crippen molar-refractivity contribution in [2.75, 3.05) is 18.5 Å². The van der Waals surface area contributed by atoms with Gasteiger partial charge < -0.3 is 20.4 Å². The van der Waals surface area contributed by atoms with E-state index in [1.165, 1.54) is 0 Å². The smallest absolute Gasteiger partial charge is 0.325 e. The lowest BCUT2D eigenvalue weighted by Gasteiger charge is -2.34. The highest BCUT2D eigenvalue weighted by molar-refractivity contribution is 6.10. The van der Waals surface area contributed by atoms with Crippen LogP contribution in [0.1, 0.15) is 63.8 Å². The van der Waals surface area contributed by atoms with Crippen LogP contribution >= 0.6 is 0 Å². The number of carbonyl (C=O) groups is 3. The van der Waals surface area contributed by atoms with Gasteiger partial charge in [-0.05, 0) is 62.6 Å². The summed E-state index contributed by atoms with van der Waals surface area (Å²) in [7, 11) is 0. The van der Waals surface area contributed by atoms with Crippen molar-refractivity contribution < 1.29 is 19.1 Å². The van der Waals surface area contributed by atoms with Crippen molar-refractivity contribution in [2.24, 2.45) is 5.92 Å². The molecule has 5 rings (SSSR count). The van der Waals surface area contributed by atoms with Gasteiger partial charge in [-0.25, -0.2) is 9.78 Å². The van der Waals surface area contributed by atoms with E-state index in [2.05, 4.69) is 27.5 Å². The molecule has 1 aromatic carbocycles. The molecule has 4 amide bonds. The molecular formula is C23H29N5O4. The topological polar surface area (TPSA) is 116 Å². The second-order valence-electron chi connectivity index (χ2n) is 9.16. The first kappa shape index (κ1) is 20.9. The number of imidazole rings is 1. The fourth-order valence-electron chi connectivity index (χ4n) is 5.13. The molecule has 1 spiro atoms. The molecule has 9 heteroatoms. The molecule has 0 radical (unpaired) electrons. The number of H-pyrrole nitrogens is 1. The van der Waals surface area contributed by atoms with Crippen LogP contribution < -0.4 is 10.6 Å². The third-order valence-electron chi connectivity index (χ3n) is 7.10. The summed E-state index contributed by atoms with van der Waals surface area (Å²) in [6, 6.07) is 4.91. The van der Waals surface area contributed by atoms with Crippen molar-refractivity contribution in [3.63, 3.8) is 0 Å². The number of carbonyl (C=O) groups excluding carboxylic acids is 3. The van der Waals surface area contributed by atoms with E-state index < -0.39 is 17.5 Å². The molecule has 0 bridgehead atoms. The fraction of sp³-hybridized carbons (Fsp3) is 0.565. The Hall–Kier alpha value is -2.94. The summed E-state index contributed by atoms with van der Waals surface area (Å²) >= 11 is 0. The Morgan fingerprint density at radius 2 is 2.09 bits per heavy atom. The van der Waals surface area contributed by atoms with Gasteiger partial charge in [0.2, 0.25) is 5.91 Å². The fourth-order valence-corrected chi connectivity index (χ4v) is 5.13.